The van der Waals surface area contributed by atoms with Crippen LogP contribution in [0.1, 0.15) is 17.7 Å². The predicted molar refractivity (Wildman–Crippen MR) is 87.9 cm³/mol. The first-order valence-electron chi connectivity index (χ1n) is 7.10. The van der Waals surface area contributed by atoms with Crippen molar-refractivity contribution in [3.8, 4) is 0 Å². The highest BCUT2D eigenvalue weighted by atomic mass is 16.3. The van der Waals surface area contributed by atoms with Crippen molar-refractivity contribution in [2.45, 2.75) is 19.1 Å². The Morgan fingerprint density at radius 2 is 2.00 bits per heavy atom. The van der Waals surface area contributed by atoms with E-state index < -0.39 is 5.72 Å². The minimum absolute atomic E-state index is 0.185. The Morgan fingerprint density at radius 1 is 1.23 bits per heavy atom. The molecule has 3 rings (SSSR count). The fraction of sp³-hybridized carbons (Fsp3) is 0.176. The number of nitrogens with one attached hydrogen (secondary N) is 1. The number of anilines is 2. The molecule has 1 aromatic carbocycles. The van der Waals surface area contributed by atoms with Gasteiger partial charge in [0.05, 0.1) is 0 Å². The molecule has 0 bridgehead atoms. The van der Waals surface area contributed by atoms with Crippen LogP contribution in [0, 0.1) is 6.92 Å². The third-order valence-corrected chi connectivity index (χ3v) is 3.49. The number of allylic oxidation sites excluding steroid dienone is 2. The molecule has 0 spiro atoms. The number of nitrogens with two attached hydrogens (primary N) is 1. The van der Waals surface area contributed by atoms with Crippen LogP contribution in [0.3, 0.4) is 0 Å². The zero-order chi connectivity index (χ0) is 15.6. The summed E-state index contributed by atoms with van der Waals surface area (Å²) in [5.41, 5.74) is 7.34. The number of nitrogens with zero attached hydrogens (tertiary/aromatic N) is 2. The number of benzene rings is 1. The molecule has 0 amide bonds. The average Bonchev–Trinajstić information content (AvgIpc) is 2.46. The van der Waals surface area contributed by atoms with E-state index in [9.17, 15) is 5.11 Å². The van der Waals surface area contributed by atoms with Crippen molar-refractivity contribution in [2.24, 2.45) is 0 Å². The molecule has 2 aromatic rings. The first-order chi connectivity index (χ1) is 10.5. The van der Waals surface area contributed by atoms with Crippen LogP contribution in [0.2, 0.25) is 0 Å². The smallest absolute Gasteiger partial charge is 0.222 e. The Balaban J connectivity index is 1.83. The summed E-state index contributed by atoms with van der Waals surface area (Å²) >= 11 is 0. The van der Waals surface area contributed by atoms with Gasteiger partial charge in [-0.25, -0.2) is 4.98 Å². The molecule has 5 heteroatoms. The molecule has 0 radical (unpaired) electrons. The van der Waals surface area contributed by atoms with Crippen LogP contribution in [0.25, 0.3) is 5.57 Å². The monoisotopic (exact) mass is 294 g/mol. The third-order valence-electron chi connectivity index (χ3n) is 3.49. The van der Waals surface area contributed by atoms with Gasteiger partial charge in [0.1, 0.15) is 5.82 Å². The molecular formula is C17H18N4O. The third kappa shape index (κ3) is 3.15. The Kier molecular flexibility index (Phi) is 3.65. The van der Waals surface area contributed by atoms with Gasteiger partial charge in [0.25, 0.3) is 0 Å². The highest BCUT2D eigenvalue weighted by Crippen LogP contribution is 2.30. The highest BCUT2D eigenvalue weighted by molar-refractivity contribution is 5.70. The van der Waals surface area contributed by atoms with Crippen molar-refractivity contribution < 1.29 is 5.11 Å². The molecule has 1 aliphatic rings. The Morgan fingerprint density at radius 3 is 2.73 bits per heavy atom. The summed E-state index contributed by atoms with van der Waals surface area (Å²) < 4.78 is 0. The Labute approximate surface area is 129 Å². The van der Waals surface area contributed by atoms with Crippen LogP contribution in [-0.2, 0) is 0 Å². The maximum atomic E-state index is 10.8. The molecule has 0 saturated heterocycles. The van der Waals surface area contributed by atoms with Crippen LogP contribution in [0.4, 0.5) is 11.8 Å². The topological polar surface area (TPSA) is 84.1 Å². The molecule has 0 aliphatic heterocycles. The molecule has 5 nitrogen and oxygen atoms in total. The second-order valence-electron chi connectivity index (χ2n) is 5.40. The fourth-order valence-corrected chi connectivity index (χ4v) is 2.55. The van der Waals surface area contributed by atoms with Gasteiger partial charge in [-0.15, -0.1) is 0 Å². The number of aromatic nitrogens is 2. The van der Waals surface area contributed by atoms with Crippen LogP contribution >= 0.6 is 0 Å². The molecule has 0 saturated carbocycles. The maximum Gasteiger partial charge on any atom is 0.222 e. The minimum atomic E-state index is -1.20. The zero-order valence-electron chi connectivity index (χ0n) is 12.3. The molecule has 22 heavy (non-hydrogen) atoms. The Bertz CT molecular complexity index is 719. The number of rotatable bonds is 3. The largest absolute Gasteiger partial charge is 0.368 e. The summed E-state index contributed by atoms with van der Waals surface area (Å²) in [6, 6.07) is 11.7. The van der Waals surface area contributed by atoms with Crippen LogP contribution in [0.15, 0.2) is 54.6 Å². The first kappa shape index (κ1) is 14.3. The zero-order valence-corrected chi connectivity index (χ0v) is 12.3. The standard InChI is InChI=1S/C17H18N4O/c1-12-10-15(20-16(18)19-12)21-17(22)9-5-8-14(11-17)13-6-3-2-4-7-13/h2-10,22H,11H2,1H3,(H3,18,19,20,21). The number of hydrogen-bond acceptors (Lipinski definition) is 5. The van der Waals surface area contributed by atoms with E-state index in [2.05, 4.69) is 15.3 Å². The van der Waals surface area contributed by atoms with Gasteiger partial charge in [-0.3, -0.25) is 0 Å². The molecular weight excluding hydrogens is 276 g/mol. The van der Waals surface area contributed by atoms with Gasteiger partial charge in [0.2, 0.25) is 5.95 Å². The summed E-state index contributed by atoms with van der Waals surface area (Å²) in [6.45, 7) is 1.83. The quantitative estimate of drug-likeness (QED) is 0.757. The number of aryl methyl sites for hydroxylation is 1. The fourth-order valence-electron chi connectivity index (χ4n) is 2.55. The van der Waals surface area contributed by atoms with Crippen LogP contribution in [-0.4, -0.2) is 20.8 Å². The van der Waals surface area contributed by atoms with Gasteiger partial charge in [0.15, 0.2) is 5.72 Å². The molecule has 1 unspecified atom stereocenters. The van der Waals surface area contributed by atoms with E-state index in [1.165, 1.54) is 0 Å². The van der Waals surface area contributed by atoms with E-state index >= 15 is 0 Å². The van der Waals surface area contributed by atoms with E-state index in [0.717, 1.165) is 16.8 Å². The molecule has 4 N–H and O–H groups in total. The summed E-state index contributed by atoms with van der Waals surface area (Å²) in [7, 11) is 0. The second-order valence-corrected chi connectivity index (χ2v) is 5.40. The van der Waals surface area contributed by atoms with Gasteiger partial charge >= 0.3 is 0 Å². The van der Waals surface area contributed by atoms with Gasteiger partial charge in [-0.2, -0.15) is 4.98 Å². The van der Waals surface area contributed by atoms with E-state index in [1.54, 1.807) is 12.1 Å². The summed E-state index contributed by atoms with van der Waals surface area (Å²) in [5.74, 6) is 0.691. The molecule has 112 valence electrons. The Hall–Kier alpha value is -2.66. The van der Waals surface area contributed by atoms with E-state index in [1.807, 2.05) is 49.4 Å². The van der Waals surface area contributed by atoms with Crippen LogP contribution < -0.4 is 11.1 Å². The van der Waals surface area contributed by atoms with Crippen molar-refractivity contribution in [2.75, 3.05) is 11.1 Å². The van der Waals surface area contributed by atoms with E-state index in [0.29, 0.717) is 12.2 Å². The SMILES string of the molecule is Cc1cc(NC2(O)C=CC=C(c3ccccc3)C2)nc(N)n1. The second kappa shape index (κ2) is 5.61. The van der Waals surface area contributed by atoms with E-state index in [4.69, 9.17) is 5.73 Å². The van der Waals surface area contributed by atoms with Crippen molar-refractivity contribution in [3.63, 3.8) is 0 Å². The number of hydrogen-bond donors (Lipinski definition) is 3. The highest BCUT2D eigenvalue weighted by Gasteiger charge is 2.28. The molecule has 1 atom stereocenters. The molecule has 1 aromatic heterocycles. The summed E-state index contributed by atoms with van der Waals surface area (Å²) in [5, 5.41) is 13.8. The van der Waals surface area contributed by atoms with Gasteiger partial charge in [-0.05, 0) is 24.1 Å². The number of nitrogen functional groups attached to an aromatic ring is 1. The lowest BCUT2D eigenvalue weighted by Gasteiger charge is -2.30. The first-order valence-corrected chi connectivity index (χ1v) is 7.10. The lowest BCUT2D eigenvalue weighted by atomic mass is 9.92. The van der Waals surface area contributed by atoms with Crippen molar-refractivity contribution in [1.29, 1.82) is 0 Å². The lowest BCUT2D eigenvalue weighted by molar-refractivity contribution is 0.126. The molecule has 0 fully saturated rings. The van der Waals surface area contributed by atoms with Crippen molar-refractivity contribution >= 4 is 17.3 Å². The van der Waals surface area contributed by atoms with Crippen molar-refractivity contribution in [1.82, 2.24) is 9.97 Å². The normalized spacial score (nSPS) is 20.5. The number of aliphatic hydroxyl groups is 1. The molecule has 1 heterocycles. The lowest BCUT2D eigenvalue weighted by Crippen LogP contribution is -2.37. The predicted octanol–water partition coefficient (Wildman–Crippen LogP) is 2.51. The summed E-state index contributed by atoms with van der Waals surface area (Å²) in [6.07, 6.45) is 6.00. The van der Waals surface area contributed by atoms with Crippen molar-refractivity contribution in [3.05, 3.63) is 65.9 Å². The minimum Gasteiger partial charge on any atom is -0.368 e. The summed E-state index contributed by atoms with van der Waals surface area (Å²) in [4.78, 5) is 8.14. The maximum absolute atomic E-state index is 10.8. The average molecular weight is 294 g/mol. The van der Waals surface area contributed by atoms with Gasteiger partial charge in [0, 0.05) is 18.2 Å². The molecule has 1 aliphatic carbocycles. The van der Waals surface area contributed by atoms with Gasteiger partial charge < -0.3 is 16.2 Å². The van der Waals surface area contributed by atoms with E-state index in [-0.39, 0.29) is 5.95 Å². The van der Waals surface area contributed by atoms with Gasteiger partial charge in [-0.1, -0.05) is 42.5 Å². The van der Waals surface area contributed by atoms with Crippen LogP contribution in [0.5, 0.6) is 0 Å².